The number of aliphatic hydroxyl groups is 1. The molecule has 0 unspecified atom stereocenters. The van der Waals surface area contributed by atoms with Gasteiger partial charge in [-0.25, -0.2) is 0 Å². The SMILES string of the molecule is CC1(C)CN(Cc2ccc(C#CCO)cc2)CCO1. The first-order valence-corrected chi connectivity index (χ1v) is 6.64. The zero-order chi connectivity index (χ0) is 13.7. The number of nitrogens with zero attached hydrogens (tertiary/aromatic N) is 1. The third-order valence-electron chi connectivity index (χ3n) is 3.18. The Kier molecular flexibility index (Phi) is 4.60. The van der Waals surface area contributed by atoms with Crippen molar-refractivity contribution in [3.05, 3.63) is 35.4 Å². The summed E-state index contributed by atoms with van der Waals surface area (Å²) < 4.78 is 5.71. The van der Waals surface area contributed by atoms with Gasteiger partial charge in [-0.3, -0.25) is 4.90 Å². The molecule has 0 amide bonds. The Bertz CT molecular complexity index is 468. The van der Waals surface area contributed by atoms with E-state index < -0.39 is 0 Å². The van der Waals surface area contributed by atoms with E-state index in [0.717, 1.165) is 31.8 Å². The first kappa shape index (κ1) is 14.1. The molecule has 0 atom stereocenters. The fraction of sp³-hybridized carbons (Fsp3) is 0.500. The molecule has 1 heterocycles. The molecule has 2 rings (SSSR count). The zero-order valence-corrected chi connectivity index (χ0v) is 11.6. The van der Waals surface area contributed by atoms with E-state index in [-0.39, 0.29) is 12.2 Å². The van der Waals surface area contributed by atoms with Crippen LogP contribution in [-0.4, -0.2) is 41.9 Å². The number of benzene rings is 1. The molecule has 102 valence electrons. The molecule has 1 aromatic rings. The maximum absolute atomic E-state index is 8.66. The van der Waals surface area contributed by atoms with E-state index in [1.807, 2.05) is 12.1 Å². The predicted octanol–water partition coefficient (Wildman–Crippen LogP) is 1.64. The Morgan fingerprint density at radius 3 is 2.68 bits per heavy atom. The van der Waals surface area contributed by atoms with Crippen molar-refractivity contribution in [2.24, 2.45) is 0 Å². The molecule has 0 bridgehead atoms. The van der Waals surface area contributed by atoms with Gasteiger partial charge in [0.25, 0.3) is 0 Å². The van der Waals surface area contributed by atoms with Gasteiger partial charge in [0.15, 0.2) is 0 Å². The summed E-state index contributed by atoms with van der Waals surface area (Å²) in [5, 5.41) is 8.66. The Morgan fingerprint density at radius 1 is 1.32 bits per heavy atom. The quantitative estimate of drug-likeness (QED) is 0.820. The van der Waals surface area contributed by atoms with Crippen molar-refractivity contribution < 1.29 is 9.84 Å². The van der Waals surface area contributed by atoms with Crippen molar-refractivity contribution in [3.8, 4) is 11.8 Å². The van der Waals surface area contributed by atoms with Crippen LogP contribution in [0, 0.1) is 11.8 Å². The van der Waals surface area contributed by atoms with Crippen LogP contribution in [0.3, 0.4) is 0 Å². The van der Waals surface area contributed by atoms with Gasteiger partial charge < -0.3 is 9.84 Å². The molecular weight excluding hydrogens is 238 g/mol. The second-order valence-corrected chi connectivity index (χ2v) is 5.48. The Morgan fingerprint density at radius 2 is 2.05 bits per heavy atom. The summed E-state index contributed by atoms with van der Waals surface area (Å²) in [6.07, 6.45) is 0. The first-order valence-electron chi connectivity index (χ1n) is 6.64. The van der Waals surface area contributed by atoms with Crippen LogP contribution in [0.1, 0.15) is 25.0 Å². The van der Waals surface area contributed by atoms with E-state index in [2.05, 4.69) is 42.7 Å². The van der Waals surface area contributed by atoms with Crippen molar-refractivity contribution in [1.82, 2.24) is 4.90 Å². The van der Waals surface area contributed by atoms with Gasteiger partial charge in [-0.05, 0) is 31.5 Å². The Balaban J connectivity index is 1.96. The Labute approximate surface area is 115 Å². The standard InChI is InChI=1S/C16H21NO2/c1-16(2)13-17(9-11-19-16)12-15-7-5-14(6-8-15)4-3-10-18/h5-8,18H,9-13H2,1-2H3. The number of hydrogen-bond acceptors (Lipinski definition) is 3. The molecular formula is C16H21NO2. The van der Waals surface area contributed by atoms with E-state index in [9.17, 15) is 0 Å². The highest BCUT2D eigenvalue weighted by molar-refractivity contribution is 5.36. The third kappa shape index (κ3) is 4.36. The lowest BCUT2D eigenvalue weighted by Gasteiger charge is -2.38. The molecule has 0 aromatic heterocycles. The summed E-state index contributed by atoms with van der Waals surface area (Å²) in [7, 11) is 0. The third-order valence-corrected chi connectivity index (χ3v) is 3.18. The van der Waals surface area contributed by atoms with Crippen molar-refractivity contribution in [1.29, 1.82) is 0 Å². The lowest BCUT2D eigenvalue weighted by atomic mass is 10.1. The van der Waals surface area contributed by atoms with Gasteiger partial charge in [0.2, 0.25) is 0 Å². The lowest BCUT2D eigenvalue weighted by Crippen LogP contribution is -2.47. The molecule has 0 radical (unpaired) electrons. The number of ether oxygens (including phenoxy) is 1. The first-order chi connectivity index (χ1) is 9.09. The molecule has 1 saturated heterocycles. The topological polar surface area (TPSA) is 32.7 Å². The van der Waals surface area contributed by atoms with Crippen LogP contribution in [0.25, 0.3) is 0 Å². The molecule has 3 nitrogen and oxygen atoms in total. The highest BCUT2D eigenvalue weighted by atomic mass is 16.5. The maximum atomic E-state index is 8.66. The van der Waals surface area contributed by atoms with Crippen LogP contribution in [0.5, 0.6) is 0 Å². The minimum atomic E-state index is -0.0926. The minimum absolute atomic E-state index is 0.0508. The van der Waals surface area contributed by atoms with E-state index in [1.54, 1.807) is 0 Å². The number of hydrogen-bond donors (Lipinski definition) is 1. The van der Waals surface area contributed by atoms with Gasteiger partial charge in [0.1, 0.15) is 6.61 Å². The minimum Gasteiger partial charge on any atom is -0.384 e. The number of rotatable bonds is 2. The van der Waals surface area contributed by atoms with E-state index >= 15 is 0 Å². The summed E-state index contributed by atoms with van der Waals surface area (Å²) in [5.41, 5.74) is 2.18. The van der Waals surface area contributed by atoms with Crippen LogP contribution in [-0.2, 0) is 11.3 Å². The van der Waals surface area contributed by atoms with Crippen LogP contribution in [0.4, 0.5) is 0 Å². The molecule has 0 spiro atoms. The van der Waals surface area contributed by atoms with Gasteiger partial charge in [-0.1, -0.05) is 24.0 Å². The van der Waals surface area contributed by atoms with Gasteiger partial charge >= 0.3 is 0 Å². The van der Waals surface area contributed by atoms with Crippen molar-refractivity contribution in [2.45, 2.75) is 26.0 Å². The van der Waals surface area contributed by atoms with Crippen LogP contribution in [0.15, 0.2) is 24.3 Å². The molecule has 1 aliphatic rings. The second-order valence-electron chi connectivity index (χ2n) is 5.48. The number of morpholine rings is 1. The van der Waals surface area contributed by atoms with E-state index in [4.69, 9.17) is 9.84 Å². The summed E-state index contributed by atoms with van der Waals surface area (Å²) in [6.45, 7) is 7.85. The molecule has 1 fully saturated rings. The zero-order valence-electron chi connectivity index (χ0n) is 11.6. The second kappa shape index (κ2) is 6.21. The van der Waals surface area contributed by atoms with E-state index in [0.29, 0.717) is 0 Å². The van der Waals surface area contributed by atoms with E-state index in [1.165, 1.54) is 5.56 Å². The average Bonchev–Trinajstić information content (AvgIpc) is 2.37. The van der Waals surface area contributed by atoms with Crippen molar-refractivity contribution >= 4 is 0 Å². The largest absolute Gasteiger partial charge is 0.384 e. The predicted molar refractivity (Wildman–Crippen MR) is 75.7 cm³/mol. The fourth-order valence-electron chi connectivity index (χ4n) is 2.34. The van der Waals surface area contributed by atoms with Crippen molar-refractivity contribution in [2.75, 3.05) is 26.3 Å². The van der Waals surface area contributed by atoms with Crippen LogP contribution in [0.2, 0.25) is 0 Å². The number of aliphatic hydroxyl groups excluding tert-OH is 1. The molecule has 0 saturated carbocycles. The normalized spacial score (nSPS) is 18.7. The fourth-order valence-corrected chi connectivity index (χ4v) is 2.34. The van der Waals surface area contributed by atoms with Gasteiger partial charge in [-0.2, -0.15) is 0 Å². The summed E-state index contributed by atoms with van der Waals surface area (Å²) in [6, 6.07) is 8.21. The average molecular weight is 259 g/mol. The molecule has 1 aromatic carbocycles. The van der Waals surface area contributed by atoms with Crippen LogP contribution < -0.4 is 0 Å². The molecule has 19 heavy (non-hydrogen) atoms. The smallest absolute Gasteiger partial charge is 0.104 e. The van der Waals surface area contributed by atoms with Crippen LogP contribution >= 0.6 is 0 Å². The monoisotopic (exact) mass is 259 g/mol. The Hall–Kier alpha value is -1.34. The summed E-state index contributed by atoms with van der Waals surface area (Å²) in [5.74, 6) is 5.56. The molecule has 0 aliphatic carbocycles. The highest BCUT2D eigenvalue weighted by Gasteiger charge is 2.26. The molecule has 1 N–H and O–H groups in total. The lowest BCUT2D eigenvalue weighted by molar-refractivity contribution is -0.0882. The summed E-state index contributed by atoms with van der Waals surface area (Å²) in [4.78, 5) is 2.41. The molecule has 3 heteroatoms. The van der Waals surface area contributed by atoms with Gasteiger partial charge in [-0.15, -0.1) is 0 Å². The van der Waals surface area contributed by atoms with Gasteiger partial charge in [0.05, 0.1) is 12.2 Å². The van der Waals surface area contributed by atoms with Gasteiger partial charge in [0, 0.05) is 25.2 Å². The van der Waals surface area contributed by atoms with Crippen molar-refractivity contribution in [3.63, 3.8) is 0 Å². The maximum Gasteiger partial charge on any atom is 0.104 e. The molecule has 1 aliphatic heterocycles. The highest BCUT2D eigenvalue weighted by Crippen LogP contribution is 2.18. The summed E-state index contributed by atoms with van der Waals surface area (Å²) >= 11 is 0.